The molecule has 0 aromatic carbocycles. The maximum atomic E-state index is 10.0. The molecule has 0 amide bonds. The van der Waals surface area contributed by atoms with Crippen molar-refractivity contribution in [1.29, 1.82) is 0 Å². The molecule has 0 aromatic rings. The lowest BCUT2D eigenvalue weighted by Crippen LogP contribution is -2.56. The first-order valence-electron chi connectivity index (χ1n) is 3.10. The van der Waals surface area contributed by atoms with Crippen LogP contribution in [0, 0.1) is 11.1 Å². The van der Waals surface area contributed by atoms with E-state index in [1.165, 1.54) is 5.16 Å². The molecule has 0 rings (SSSR count). The van der Waals surface area contributed by atoms with Gasteiger partial charge >= 0.3 is 5.97 Å². The zero-order chi connectivity index (χ0) is 9.44. The van der Waals surface area contributed by atoms with Crippen molar-refractivity contribution in [3.8, 4) is 0 Å². The quantitative estimate of drug-likeness (QED) is 0.256. The summed E-state index contributed by atoms with van der Waals surface area (Å²) in [5.74, 6) is -0.910. The second-order valence-corrected chi connectivity index (χ2v) is 2.25. The molecule has 5 heteroatoms. The highest BCUT2D eigenvalue weighted by Crippen LogP contribution is 1.96. The van der Waals surface area contributed by atoms with Crippen molar-refractivity contribution in [2.24, 2.45) is 11.7 Å². The van der Waals surface area contributed by atoms with Gasteiger partial charge in [0, 0.05) is 0 Å². The van der Waals surface area contributed by atoms with Crippen LogP contribution in [0.5, 0.6) is 0 Å². The molecule has 0 fully saturated rings. The second kappa shape index (κ2) is 7.01. The summed E-state index contributed by atoms with van der Waals surface area (Å²) >= 11 is 0. The van der Waals surface area contributed by atoms with Crippen LogP contribution in [0.3, 0.4) is 0 Å². The third kappa shape index (κ3) is 8.90. The van der Waals surface area contributed by atoms with E-state index >= 15 is 0 Å². The molecule has 1 atom stereocenters. The minimum Gasteiger partial charge on any atom is -0.626 e. The van der Waals surface area contributed by atoms with Gasteiger partial charge in [-0.15, -0.1) is 0 Å². The second-order valence-electron chi connectivity index (χ2n) is 2.25. The van der Waals surface area contributed by atoms with Gasteiger partial charge in [-0.2, -0.15) is 0 Å². The predicted octanol–water partition coefficient (Wildman–Crippen LogP) is -1.68. The predicted molar refractivity (Wildman–Crippen MR) is 41.9 cm³/mol. The van der Waals surface area contributed by atoms with Crippen molar-refractivity contribution < 1.29 is 15.1 Å². The van der Waals surface area contributed by atoms with Crippen LogP contribution in [0.25, 0.3) is 0 Å². The van der Waals surface area contributed by atoms with E-state index in [1.807, 2.05) is 0 Å². The van der Waals surface area contributed by atoms with E-state index in [0.717, 1.165) is 0 Å². The molecule has 66 valence electrons. The molecule has 0 aliphatic heterocycles. The summed E-state index contributed by atoms with van der Waals surface area (Å²) in [6, 6.07) is -0.713. The number of carbonyl (C=O) groups is 1. The third-order valence-electron chi connectivity index (χ3n) is 1.00. The largest absolute Gasteiger partial charge is 0.626 e. The lowest BCUT2D eigenvalue weighted by Gasteiger charge is -2.07. The number of hydrogen-bond acceptors (Lipinski definition) is 3. The SMILES string of the molecule is C=[NH+][O-].CC(C)[C@H](N)C(=O)O. The molecule has 0 heterocycles. The number of nitrogens with two attached hydrogens (primary N) is 1. The third-order valence-corrected chi connectivity index (χ3v) is 1.00. The maximum absolute atomic E-state index is 10.0. The fourth-order valence-corrected chi connectivity index (χ4v) is 0.285. The highest BCUT2D eigenvalue weighted by molar-refractivity contribution is 5.73. The van der Waals surface area contributed by atoms with E-state index in [1.54, 1.807) is 13.8 Å². The standard InChI is InChI=1S/C5H11NO2.CH3NO/c1-3(2)4(6)5(7)8;1-2-3/h3-4H,6H2,1-2H3,(H,7,8);2H,1H2/t4-;/m0./s1. The number of aliphatic carboxylic acids is 1. The van der Waals surface area contributed by atoms with Crippen LogP contribution in [0.2, 0.25) is 0 Å². The van der Waals surface area contributed by atoms with Crippen LogP contribution >= 0.6 is 0 Å². The van der Waals surface area contributed by atoms with Crippen molar-refractivity contribution in [2.45, 2.75) is 19.9 Å². The van der Waals surface area contributed by atoms with Crippen LogP contribution < -0.4 is 10.9 Å². The monoisotopic (exact) mass is 162 g/mol. The highest BCUT2D eigenvalue weighted by Gasteiger charge is 2.14. The zero-order valence-corrected chi connectivity index (χ0v) is 6.70. The summed E-state index contributed by atoms with van der Waals surface area (Å²) < 4.78 is 0. The Kier molecular flexibility index (Phi) is 8.01. The molecule has 5 nitrogen and oxygen atoms in total. The number of hydrogen-bond donors (Lipinski definition) is 3. The Labute approximate surface area is 65.5 Å². The van der Waals surface area contributed by atoms with Crippen molar-refractivity contribution in [3.05, 3.63) is 5.21 Å². The summed E-state index contributed by atoms with van der Waals surface area (Å²) in [6.07, 6.45) is 0. The molecule has 0 saturated heterocycles. The van der Waals surface area contributed by atoms with Gasteiger partial charge < -0.3 is 16.0 Å². The van der Waals surface area contributed by atoms with E-state index < -0.39 is 12.0 Å². The minimum absolute atomic E-state index is 0.0208. The molecule has 0 bridgehead atoms. The van der Waals surface area contributed by atoms with E-state index in [0.29, 0.717) is 0 Å². The fraction of sp³-hybridized carbons (Fsp3) is 0.667. The van der Waals surface area contributed by atoms with E-state index in [-0.39, 0.29) is 5.92 Å². The Bertz CT molecular complexity index is 125. The van der Waals surface area contributed by atoms with Crippen molar-refractivity contribution in [2.75, 3.05) is 0 Å². The lowest BCUT2D eigenvalue weighted by molar-refractivity contribution is -0.361. The van der Waals surface area contributed by atoms with E-state index in [4.69, 9.17) is 16.0 Å². The van der Waals surface area contributed by atoms with Gasteiger partial charge in [0.1, 0.15) is 12.8 Å². The summed E-state index contributed by atoms with van der Waals surface area (Å²) in [5, 5.41) is 18.0. The van der Waals surface area contributed by atoms with Crippen LogP contribution in [-0.2, 0) is 4.79 Å². The van der Waals surface area contributed by atoms with Crippen molar-refractivity contribution >= 4 is 12.7 Å². The fourth-order valence-electron chi connectivity index (χ4n) is 0.285. The Morgan fingerprint density at radius 2 is 2.00 bits per heavy atom. The van der Waals surface area contributed by atoms with Gasteiger partial charge in [0.15, 0.2) is 0 Å². The number of nitrogens with one attached hydrogen (secondary N) is 1. The van der Waals surface area contributed by atoms with Gasteiger partial charge in [-0.1, -0.05) is 13.8 Å². The molecule has 0 aromatic heterocycles. The molecule has 11 heavy (non-hydrogen) atoms. The van der Waals surface area contributed by atoms with Gasteiger partial charge in [0.25, 0.3) is 0 Å². The van der Waals surface area contributed by atoms with Crippen LogP contribution in [-0.4, -0.2) is 23.8 Å². The van der Waals surface area contributed by atoms with Crippen LogP contribution in [0.4, 0.5) is 0 Å². The molecular weight excluding hydrogens is 148 g/mol. The van der Waals surface area contributed by atoms with Crippen LogP contribution in [0.1, 0.15) is 13.8 Å². The van der Waals surface area contributed by atoms with Gasteiger partial charge in [0.05, 0.1) is 0 Å². The van der Waals surface area contributed by atoms with Gasteiger partial charge in [0.2, 0.25) is 0 Å². The van der Waals surface area contributed by atoms with E-state index in [2.05, 4.69) is 6.72 Å². The first-order valence-corrected chi connectivity index (χ1v) is 3.10. The minimum atomic E-state index is -0.931. The summed E-state index contributed by atoms with van der Waals surface area (Å²) in [4.78, 5) is 10.0. The molecule has 0 aliphatic rings. The molecule has 0 aliphatic carbocycles. The molecule has 4 N–H and O–H groups in total. The lowest BCUT2D eigenvalue weighted by atomic mass is 10.1. The Balaban J connectivity index is 0. The van der Waals surface area contributed by atoms with E-state index in [9.17, 15) is 4.79 Å². The molecular formula is C6H14N2O3. The number of carboxylic acids is 1. The normalized spacial score (nSPS) is 11.3. The average molecular weight is 162 g/mol. The van der Waals surface area contributed by atoms with Gasteiger partial charge in [-0.05, 0) is 5.92 Å². The van der Waals surface area contributed by atoms with Crippen LogP contribution in [0.15, 0.2) is 0 Å². The Morgan fingerprint density at radius 3 is 2.00 bits per heavy atom. The Hall–Kier alpha value is -1.10. The highest BCUT2D eigenvalue weighted by atomic mass is 16.4. The summed E-state index contributed by atoms with van der Waals surface area (Å²) in [6.45, 7) is 6.23. The topological polar surface area (TPSA) is 100 Å². The molecule has 0 saturated carbocycles. The molecule has 0 unspecified atom stereocenters. The zero-order valence-electron chi connectivity index (χ0n) is 6.70. The summed E-state index contributed by atoms with van der Waals surface area (Å²) in [7, 11) is 0. The average Bonchev–Trinajstić information content (AvgIpc) is 1.87. The van der Waals surface area contributed by atoms with Crippen molar-refractivity contribution in [3.63, 3.8) is 0 Å². The maximum Gasteiger partial charge on any atom is 0.320 e. The van der Waals surface area contributed by atoms with Gasteiger partial charge in [-0.25, -0.2) is 5.16 Å². The number of carboxylic acid groups (broad SMARTS) is 1. The number of rotatable bonds is 2. The first-order chi connectivity index (χ1) is 4.97. The first kappa shape index (κ1) is 12.6. The molecule has 0 radical (unpaired) electrons. The Morgan fingerprint density at radius 1 is 1.73 bits per heavy atom. The summed E-state index contributed by atoms with van der Waals surface area (Å²) in [5.41, 5.74) is 5.16. The van der Waals surface area contributed by atoms with Gasteiger partial charge in [-0.3, -0.25) is 4.79 Å². The smallest absolute Gasteiger partial charge is 0.320 e. The molecule has 0 spiro atoms. The van der Waals surface area contributed by atoms with Crippen molar-refractivity contribution in [1.82, 2.24) is 0 Å².